The van der Waals surface area contributed by atoms with Crippen molar-refractivity contribution in [2.75, 3.05) is 19.6 Å². The Kier molecular flexibility index (Phi) is 5.30. The number of likely N-dealkylation sites (tertiary alicyclic amines) is 1. The molecule has 104 valence electrons. The van der Waals surface area contributed by atoms with Gasteiger partial charge in [0.1, 0.15) is 6.61 Å². The standard InChI is InChI=1S/C14H21N3O2/c15-13-3-8-17(9-4-13)10-5-14(18)19-11-12-1-6-16-7-2-12/h1-2,6-7,13H,3-5,8-11,15H2. The first-order valence-corrected chi connectivity index (χ1v) is 6.76. The smallest absolute Gasteiger partial charge is 0.307 e. The number of nitrogens with two attached hydrogens (primary N) is 1. The first-order chi connectivity index (χ1) is 9.24. The fourth-order valence-electron chi connectivity index (χ4n) is 2.14. The number of piperidine rings is 1. The predicted molar refractivity (Wildman–Crippen MR) is 72.3 cm³/mol. The zero-order valence-corrected chi connectivity index (χ0v) is 11.1. The Morgan fingerprint density at radius 1 is 1.37 bits per heavy atom. The number of carbonyl (C=O) groups excluding carboxylic acids is 1. The summed E-state index contributed by atoms with van der Waals surface area (Å²) >= 11 is 0. The maximum absolute atomic E-state index is 11.6. The number of carbonyl (C=O) groups is 1. The van der Waals surface area contributed by atoms with Crippen LogP contribution < -0.4 is 5.73 Å². The van der Waals surface area contributed by atoms with E-state index in [1.54, 1.807) is 12.4 Å². The van der Waals surface area contributed by atoms with Gasteiger partial charge in [-0.3, -0.25) is 9.78 Å². The highest BCUT2D eigenvalue weighted by Gasteiger charge is 2.16. The van der Waals surface area contributed by atoms with Crippen LogP contribution in [0, 0.1) is 0 Å². The van der Waals surface area contributed by atoms with Crippen LogP contribution in [-0.2, 0) is 16.1 Å². The Morgan fingerprint density at radius 3 is 2.74 bits per heavy atom. The van der Waals surface area contributed by atoms with Gasteiger partial charge in [-0.1, -0.05) is 0 Å². The van der Waals surface area contributed by atoms with Gasteiger partial charge in [-0.05, 0) is 43.6 Å². The molecule has 2 heterocycles. The van der Waals surface area contributed by atoms with Crippen molar-refractivity contribution in [1.29, 1.82) is 0 Å². The van der Waals surface area contributed by atoms with Crippen molar-refractivity contribution >= 4 is 5.97 Å². The van der Waals surface area contributed by atoms with Crippen molar-refractivity contribution in [3.63, 3.8) is 0 Å². The molecule has 2 rings (SSSR count). The maximum atomic E-state index is 11.6. The lowest BCUT2D eigenvalue weighted by molar-refractivity contribution is -0.145. The van der Waals surface area contributed by atoms with Crippen molar-refractivity contribution in [2.24, 2.45) is 5.73 Å². The van der Waals surface area contributed by atoms with Crippen molar-refractivity contribution in [2.45, 2.75) is 31.9 Å². The molecule has 0 bridgehead atoms. The van der Waals surface area contributed by atoms with Gasteiger partial charge in [0.25, 0.3) is 0 Å². The molecule has 0 atom stereocenters. The van der Waals surface area contributed by atoms with Crippen LogP contribution in [0.5, 0.6) is 0 Å². The van der Waals surface area contributed by atoms with Gasteiger partial charge in [0.2, 0.25) is 0 Å². The zero-order chi connectivity index (χ0) is 13.5. The fourth-order valence-corrected chi connectivity index (χ4v) is 2.14. The van der Waals surface area contributed by atoms with Crippen LogP contribution in [0.1, 0.15) is 24.8 Å². The summed E-state index contributed by atoms with van der Waals surface area (Å²) in [6.45, 7) is 3.06. The average Bonchev–Trinajstić information content (AvgIpc) is 2.45. The maximum Gasteiger partial charge on any atom is 0.307 e. The highest BCUT2D eigenvalue weighted by atomic mass is 16.5. The first kappa shape index (κ1) is 14.0. The van der Waals surface area contributed by atoms with Crippen molar-refractivity contribution in [3.05, 3.63) is 30.1 Å². The summed E-state index contributed by atoms with van der Waals surface area (Å²) in [6, 6.07) is 4.02. The number of ether oxygens (including phenoxy) is 1. The van der Waals surface area contributed by atoms with E-state index < -0.39 is 0 Å². The second-order valence-electron chi connectivity index (χ2n) is 4.95. The fraction of sp³-hybridized carbons (Fsp3) is 0.571. The molecule has 5 nitrogen and oxygen atoms in total. The Hall–Kier alpha value is -1.46. The van der Waals surface area contributed by atoms with Gasteiger partial charge in [-0.25, -0.2) is 0 Å². The van der Waals surface area contributed by atoms with Gasteiger partial charge in [-0.2, -0.15) is 0 Å². The molecule has 2 N–H and O–H groups in total. The third-order valence-corrected chi connectivity index (χ3v) is 3.41. The molecule has 1 aliphatic rings. The Morgan fingerprint density at radius 2 is 2.05 bits per heavy atom. The second-order valence-corrected chi connectivity index (χ2v) is 4.95. The van der Waals surface area contributed by atoms with E-state index in [0.717, 1.165) is 38.0 Å². The molecule has 5 heteroatoms. The van der Waals surface area contributed by atoms with Gasteiger partial charge in [0.15, 0.2) is 0 Å². The quantitative estimate of drug-likeness (QED) is 0.801. The van der Waals surface area contributed by atoms with Crippen LogP contribution in [-0.4, -0.2) is 41.5 Å². The van der Waals surface area contributed by atoms with Gasteiger partial charge in [-0.15, -0.1) is 0 Å². The first-order valence-electron chi connectivity index (χ1n) is 6.76. The minimum absolute atomic E-state index is 0.147. The number of esters is 1. The molecule has 19 heavy (non-hydrogen) atoms. The van der Waals surface area contributed by atoms with E-state index in [4.69, 9.17) is 10.5 Å². The predicted octanol–water partition coefficient (Wildman–Crippen LogP) is 0.938. The number of aromatic nitrogens is 1. The second kappa shape index (κ2) is 7.21. The van der Waals surface area contributed by atoms with Gasteiger partial charge < -0.3 is 15.4 Å². The van der Waals surface area contributed by atoms with Crippen LogP contribution in [0.2, 0.25) is 0 Å². The molecule has 0 aliphatic carbocycles. The lowest BCUT2D eigenvalue weighted by Crippen LogP contribution is -2.40. The molecule has 1 fully saturated rings. The van der Waals surface area contributed by atoms with Crippen molar-refractivity contribution in [3.8, 4) is 0 Å². The highest BCUT2D eigenvalue weighted by molar-refractivity contribution is 5.69. The summed E-state index contributed by atoms with van der Waals surface area (Å²) in [6.07, 6.45) is 5.87. The molecular weight excluding hydrogens is 242 g/mol. The molecule has 0 unspecified atom stereocenters. The molecule has 0 aromatic carbocycles. The molecule has 0 saturated carbocycles. The third-order valence-electron chi connectivity index (χ3n) is 3.41. The van der Waals surface area contributed by atoms with Gasteiger partial charge in [0, 0.05) is 25.0 Å². The summed E-state index contributed by atoms with van der Waals surface area (Å²) in [7, 11) is 0. The summed E-state index contributed by atoms with van der Waals surface area (Å²) in [4.78, 5) is 17.8. The highest BCUT2D eigenvalue weighted by Crippen LogP contribution is 2.09. The normalized spacial score (nSPS) is 17.3. The summed E-state index contributed by atoms with van der Waals surface area (Å²) < 4.78 is 5.22. The lowest BCUT2D eigenvalue weighted by Gasteiger charge is -2.29. The van der Waals surface area contributed by atoms with E-state index in [1.165, 1.54) is 0 Å². The third kappa shape index (κ3) is 4.96. The van der Waals surface area contributed by atoms with E-state index in [9.17, 15) is 4.79 Å². The van der Waals surface area contributed by atoms with Gasteiger partial charge >= 0.3 is 5.97 Å². The van der Waals surface area contributed by atoms with Crippen LogP contribution in [0.15, 0.2) is 24.5 Å². The minimum Gasteiger partial charge on any atom is -0.461 e. The van der Waals surface area contributed by atoms with Crippen LogP contribution in [0.3, 0.4) is 0 Å². The van der Waals surface area contributed by atoms with E-state index in [0.29, 0.717) is 19.1 Å². The largest absolute Gasteiger partial charge is 0.461 e. The molecule has 0 spiro atoms. The number of hydrogen-bond acceptors (Lipinski definition) is 5. The zero-order valence-electron chi connectivity index (χ0n) is 11.1. The molecule has 1 saturated heterocycles. The minimum atomic E-state index is -0.147. The topological polar surface area (TPSA) is 68.5 Å². The average molecular weight is 263 g/mol. The number of pyridine rings is 1. The number of rotatable bonds is 5. The number of hydrogen-bond donors (Lipinski definition) is 1. The van der Waals surface area contributed by atoms with Crippen LogP contribution >= 0.6 is 0 Å². The van der Waals surface area contributed by atoms with E-state index in [-0.39, 0.29) is 5.97 Å². The van der Waals surface area contributed by atoms with Gasteiger partial charge in [0.05, 0.1) is 6.42 Å². The van der Waals surface area contributed by atoms with E-state index in [2.05, 4.69) is 9.88 Å². The molecule has 1 aliphatic heterocycles. The monoisotopic (exact) mass is 263 g/mol. The van der Waals surface area contributed by atoms with Crippen LogP contribution in [0.4, 0.5) is 0 Å². The molecule has 0 amide bonds. The molecule has 1 aromatic heterocycles. The Balaban J connectivity index is 1.62. The molecule has 0 radical (unpaired) electrons. The SMILES string of the molecule is NC1CCN(CCC(=O)OCc2ccncc2)CC1. The van der Waals surface area contributed by atoms with Crippen LogP contribution in [0.25, 0.3) is 0 Å². The summed E-state index contributed by atoms with van der Waals surface area (Å²) in [5.74, 6) is -0.147. The summed E-state index contributed by atoms with van der Waals surface area (Å²) in [5.41, 5.74) is 6.81. The van der Waals surface area contributed by atoms with E-state index >= 15 is 0 Å². The Bertz CT molecular complexity index is 389. The number of nitrogens with zero attached hydrogens (tertiary/aromatic N) is 2. The molecule has 1 aromatic rings. The Labute approximate surface area is 113 Å². The summed E-state index contributed by atoms with van der Waals surface area (Å²) in [5, 5.41) is 0. The van der Waals surface area contributed by atoms with E-state index in [1.807, 2.05) is 12.1 Å². The lowest BCUT2D eigenvalue weighted by atomic mass is 10.1. The van der Waals surface area contributed by atoms with Crippen molar-refractivity contribution < 1.29 is 9.53 Å². The van der Waals surface area contributed by atoms with Crippen molar-refractivity contribution in [1.82, 2.24) is 9.88 Å². The molecular formula is C14H21N3O2.